The number of hydrogen-bond acceptors (Lipinski definition) is 7. The molecule has 30 heavy (non-hydrogen) atoms. The van der Waals surface area contributed by atoms with Gasteiger partial charge in [-0.05, 0) is 33.1 Å². The van der Waals surface area contributed by atoms with Crippen LogP contribution in [0.15, 0.2) is 5.16 Å². The first-order valence-electron chi connectivity index (χ1n) is 10.7. The molecule has 2 aliphatic heterocycles. The fraction of sp³-hybridized carbons (Fsp3) is 0.789. The van der Waals surface area contributed by atoms with Crippen molar-refractivity contribution in [2.24, 2.45) is 0 Å². The molecule has 3 rings (SSSR count). The highest BCUT2D eigenvalue weighted by Crippen LogP contribution is 2.22. The summed E-state index contributed by atoms with van der Waals surface area (Å²) < 4.78 is 25.5. The summed E-state index contributed by atoms with van der Waals surface area (Å²) in [6.07, 6.45) is 4.11. The molecule has 0 aliphatic carbocycles. The third-order valence-corrected chi connectivity index (χ3v) is 8.45. The first kappa shape index (κ1) is 23.1. The van der Waals surface area contributed by atoms with E-state index in [2.05, 4.69) is 10.2 Å². The monoisotopic (exact) mass is 457 g/mol. The van der Waals surface area contributed by atoms with Gasteiger partial charge in [0.15, 0.2) is 20.8 Å². The zero-order valence-corrected chi connectivity index (χ0v) is 19.4. The number of nitrogens with zero attached hydrogens (tertiary/aromatic N) is 5. The van der Waals surface area contributed by atoms with Crippen LogP contribution in [0, 0.1) is 0 Å². The summed E-state index contributed by atoms with van der Waals surface area (Å²) in [5.74, 6) is 1.20. The zero-order chi connectivity index (χ0) is 21.7. The molecule has 2 amide bonds. The molecule has 2 fully saturated rings. The van der Waals surface area contributed by atoms with Gasteiger partial charge < -0.3 is 14.4 Å². The Morgan fingerprint density at radius 3 is 2.70 bits per heavy atom. The molecule has 0 radical (unpaired) electrons. The lowest BCUT2D eigenvalue weighted by molar-refractivity contribution is -0.131. The summed E-state index contributed by atoms with van der Waals surface area (Å²) in [7, 11) is -3.04. The van der Waals surface area contributed by atoms with Crippen molar-refractivity contribution in [2.45, 2.75) is 70.2 Å². The van der Waals surface area contributed by atoms with E-state index in [1.54, 1.807) is 4.90 Å². The molecule has 1 unspecified atom stereocenters. The average molecular weight is 458 g/mol. The lowest BCUT2D eigenvalue weighted by atomic mass is 10.2. The van der Waals surface area contributed by atoms with E-state index in [0.717, 1.165) is 31.6 Å². The predicted octanol–water partition coefficient (Wildman–Crippen LogP) is 1.33. The van der Waals surface area contributed by atoms with Crippen molar-refractivity contribution >= 4 is 33.4 Å². The highest BCUT2D eigenvalue weighted by Gasteiger charge is 2.34. The van der Waals surface area contributed by atoms with Gasteiger partial charge in [-0.2, -0.15) is 0 Å². The largest absolute Gasteiger partial charge is 0.338 e. The third kappa shape index (κ3) is 5.54. The van der Waals surface area contributed by atoms with Crippen LogP contribution in [0.3, 0.4) is 0 Å². The summed E-state index contributed by atoms with van der Waals surface area (Å²) in [6.45, 7) is 6.19. The Hall–Kier alpha value is -1.62. The minimum atomic E-state index is -3.04. The standard InChI is InChI=1S/C19H31N5O4S2/c1-3-23(15-9-11-30(27,28)14-15)18(26)13-29-19-21-20-16(24(19)4-2)12-22-10-7-5-6-8-17(22)25/h15H,3-14H2,1-2H3. The Morgan fingerprint density at radius 2 is 2.03 bits per heavy atom. The number of amides is 2. The van der Waals surface area contributed by atoms with E-state index in [0.29, 0.717) is 37.6 Å². The quantitative estimate of drug-likeness (QED) is 0.542. The second-order valence-electron chi connectivity index (χ2n) is 7.79. The van der Waals surface area contributed by atoms with Crippen molar-refractivity contribution in [1.82, 2.24) is 24.6 Å². The number of sulfone groups is 1. The number of hydrogen-bond donors (Lipinski definition) is 0. The number of likely N-dealkylation sites (tertiary alicyclic amines) is 1. The summed E-state index contributed by atoms with van der Waals surface area (Å²) in [6, 6.07) is -0.234. The Morgan fingerprint density at radius 1 is 1.23 bits per heavy atom. The summed E-state index contributed by atoms with van der Waals surface area (Å²) in [5, 5.41) is 9.18. The fourth-order valence-electron chi connectivity index (χ4n) is 4.11. The smallest absolute Gasteiger partial charge is 0.233 e. The van der Waals surface area contributed by atoms with Crippen LogP contribution in [0.2, 0.25) is 0 Å². The van der Waals surface area contributed by atoms with E-state index in [1.165, 1.54) is 11.8 Å². The maximum Gasteiger partial charge on any atom is 0.233 e. The number of rotatable bonds is 8. The van der Waals surface area contributed by atoms with Crippen molar-refractivity contribution in [1.29, 1.82) is 0 Å². The van der Waals surface area contributed by atoms with Gasteiger partial charge in [-0.15, -0.1) is 10.2 Å². The molecule has 1 aromatic rings. The number of thioether (sulfide) groups is 1. The van der Waals surface area contributed by atoms with Crippen molar-refractivity contribution in [3.8, 4) is 0 Å². The average Bonchev–Trinajstić information content (AvgIpc) is 3.20. The van der Waals surface area contributed by atoms with Crippen LogP contribution in [-0.2, 0) is 32.5 Å². The maximum absolute atomic E-state index is 12.8. The number of carbonyl (C=O) groups is 2. The molecule has 1 atom stereocenters. The molecule has 1 aromatic heterocycles. The first-order chi connectivity index (χ1) is 14.3. The molecule has 0 bridgehead atoms. The molecule has 0 saturated carbocycles. The molecule has 11 heteroatoms. The van der Waals surface area contributed by atoms with Gasteiger partial charge in [-0.1, -0.05) is 18.2 Å². The van der Waals surface area contributed by atoms with Gasteiger partial charge in [0.05, 0.1) is 23.8 Å². The van der Waals surface area contributed by atoms with Crippen LogP contribution in [-0.4, -0.2) is 81.2 Å². The third-order valence-electron chi connectivity index (χ3n) is 5.75. The van der Waals surface area contributed by atoms with Crippen LogP contribution in [0.1, 0.15) is 51.8 Å². The second-order valence-corrected chi connectivity index (χ2v) is 11.0. The lowest BCUT2D eigenvalue weighted by Gasteiger charge is -2.26. The van der Waals surface area contributed by atoms with Crippen LogP contribution in [0.25, 0.3) is 0 Å². The molecule has 168 valence electrons. The highest BCUT2D eigenvalue weighted by molar-refractivity contribution is 7.99. The van der Waals surface area contributed by atoms with Crippen LogP contribution < -0.4 is 0 Å². The SMILES string of the molecule is CCN(C(=O)CSc1nnc(CN2CCCCCC2=O)n1CC)C1CCS(=O)(=O)C1. The van der Waals surface area contributed by atoms with E-state index >= 15 is 0 Å². The Labute approximate surface area is 182 Å². The normalized spacial score (nSPS) is 21.6. The van der Waals surface area contributed by atoms with Crippen molar-refractivity contribution in [3.63, 3.8) is 0 Å². The van der Waals surface area contributed by atoms with Gasteiger partial charge in [0.2, 0.25) is 11.8 Å². The molecule has 2 aliphatic rings. The highest BCUT2D eigenvalue weighted by atomic mass is 32.2. The Balaban J connectivity index is 1.62. The molecule has 9 nitrogen and oxygen atoms in total. The topological polar surface area (TPSA) is 105 Å². The van der Waals surface area contributed by atoms with Gasteiger partial charge in [-0.25, -0.2) is 8.42 Å². The van der Waals surface area contributed by atoms with E-state index < -0.39 is 9.84 Å². The van der Waals surface area contributed by atoms with Gasteiger partial charge in [-0.3, -0.25) is 9.59 Å². The predicted molar refractivity (Wildman–Crippen MR) is 115 cm³/mol. The number of aromatic nitrogens is 3. The molecule has 3 heterocycles. The zero-order valence-electron chi connectivity index (χ0n) is 17.7. The first-order valence-corrected chi connectivity index (χ1v) is 13.5. The Bertz CT molecular complexity index is 870. The molecule has 0 aromatic carbocycles. The van der Waals surface area contributed by atoms with E-state index in [9.17, 15) is 18.0 Å². The lowest BCUT2D eigenvalue weighted by Crippen LogP contribution is -2.42. The summed E-state index contributed by atoms with van der Waals surface area (Å²) in [5.41, 5.74) is 0. The van der Waals surface area contributed by atoms with Crippen molar-refractivity contribution < 1.29 is 18.0 Å². The van der Waals surface area contributed by atoms with Crippen molar-refractivity contribution in [2.75, 3.05) is 30.3 Å². The van der Waals surface area contributed by atoms with Gasteiger partial charge in [0.1, 0.15) is 0 Å². The van der Waals surface area contributed by atoms with Gasteiger partial charge in [0, 0.05) is 32.1 Å². The minimum Gasteiger partial charge on any atom is -0.338 e. The van der Waals surface area contributed by atoms with Gasteiger partial charge >= 0.3 is 0 Å². The maximum atomic E-state index is 12.8. The molecular formula is C19H31N5O4S2. The summed E-state index contributed by atoms with van der Waals surface area (Å²) >= 11 is 1.32. The molecule has 0 N–H and O–H groups in total. The summed E-state index contributed by atoms with van der Waals surface area (Å²) in [4.78, 5) is 28.6. The Kier molecular flexibility index (Phi) is 7.78. The number of carbonyl (C=O) groups excluding carboxylic acids is 2. The molecule has 0 spiro atoms. The van der Waals surface area contributed by atoms with E-state index in [4.69, 9.17) is 0 Å². The van der Waals surface area contributed by atoms with Crippen LogP contribution in [0.4, 0.5) is 0 Å². The van der Waals surface area contributed by atoms with E-state index in [-0.39, 0.29) is 35.1 Å². The molecular weight excluding hydrogens is 426 g/mol. The van der Waals surface area contributed by atoms with Crippen molar-refractivity contribution in [3.05, 3.63) is 5.82 Å². The molecule has 2 saturated heterocycles. The van der Waals surface area contributed by atoms with Crippen LogP contribution in [0.5, 0.6) is 0 Å². The second kappa shape index (κ2) is 10.1. The van der Waals surface area contributed by atoms with E-state index in [1.807, 2.05) is 23.3 Å². The van der Waals surface area contributed by atoms with Gasteiger partial charge in [0.25, 0.3) is 0 Å². The van der Waals surface area contributed by atoms with Crippen LogP contribution >= 0.6 is 11.8 Å². The fourth-order valence-corrected chi connectivity index (χ4v) is 6.74. The minimum absolute atomic E-state index is 0.0520.